The lowest BCUT2D eigenvalue weighted by molar-refractivity contribution is -0.120. The Morgan fingerprint density at radius 2 is 1.76 bits per heavy atom. The first-order valence-electron chi connectivity index (χ1n) is 13.9. The normalized spacial score (nSPS) is 15.4. The Hall–Kier alpha value is -4.37. The van der Waals surface area contributed by atoms with Crippen LogP contribution in [0.5, 0.6) is 5.75 Å². The van der Waals surface area contributed by atoms with Crippen molar-refractivity contribution in [1.29, 1.82) is 0 Å². The Morgan fingerprint density at radius 3 is 2.44 bits per heavy atom. The summed E-state index contributed by atoms with van der Waals surface area (Å²) >= 11 is 0. The van der Waals surface area contributed by atoms with E-state index < -0.39 is 6.04 Å². The van der Waals surface area contributed by atoms with E-state index in [4.69, 9.17) is 10.5 Å². The van der Waals surface area contributed by atoms with Gasteiger partial charge in [-0.25, -0.2) is 9.18 Å². The minimum atomic E-state index is -0.811. The number of likely N-dealkylation sites (tertiary alicyclic amines) is 1. The zero-order chi connectivity index (χ0) is 28.9. The third-order valence-electron chi connectivity index (χ3n) is 7.89. The minimum Gasteiger partial charge on any atom is -0.490 e. The average molecular weight is 558 g/mol. The molecular weight excluding hydrogens is 521 g/mol. The summed E-state index contributed by atoms with van der Waals surface area (Å²) in [5.41, 5.74) is 9.36. The molecule has 0 radical (unpaired) electrons. The summed E-state index contributed by atoms with van der Waals surface area (Å²) in [5, 5.41) is 4.08. The molecule has 0 aliphatic carbocycles. The zero-order valence-corrected chi connectivity index (χ0v) is 23.3. The van der Waals surface area contributed by atoms with Crippen LogP contribution in [0.15, 0.2) is 79.0 Å². The number of nitrogens with two attached hydrogens (primary N) is 1. The van der Waals surface area contributed by atoms with E-state index in [0.29, 0.717) is 38.2 Å². The predicted octanol–water partition coefficient (Wildman–Crippen LogP) is 5.15. The van der Waals surface area contributed by atoms with E-state index in [1.165, 1.54) is 12.1 Å². The molecule has 5 rings (SSSR count). The highest BCUT2D eigenvalue weighted by molar-refractivity contribution is 6.00. The number of para-hydroxylation sites is 1. The van der Waals surface area contributed by atoms with E-state index in [-0.39, 0.29) is 29.8 Å². The number of halogens is 1. The molecule has 4 aromatic rings. The lowest BCUT2D eigenvalue weighted by Crippen LogP contribution is -2.55. The van der Waals surface area contributed by atoms with Gasteiger partial charge in [0.05, 0.1) is 0 Å². The van der Waals surface area contributed by atoms with Gasteiger partial charge in [-0.15, -0.1) is 0 Å². The van der Waals surface area contributed by atoms with E-state index in [9.17, 15) is 14.0 Å². The molecule has 2 atom stereocenters. The second kappa shape index (κ2) is 12.4. The summed E-state index contributed by atoms with van der Waals surface area (Å²) in [6.45, 7) is 3.35. The van der Waals surface area contributed by atoms with Crippen molar-refractivity contribution in [2.45, 2.75) is 44.4 Å². The highest BCUT2D eigenvalue weighted by atomic mass is 19.1. The molecule has 0 saturated carbocycles. The number of likely N-dealkylation sites (N-methyl/N-ethyl adjacent to an activating group) is 1. The molecule has 0 spiro atoms. The van der Waals surface area contributed by atoms with Crippen LogP contribution in [0.2, 0.25) is 0 Å². The number of hydrogen-bond acceptors (Lipinski definition) is 4. The summed E-state index contributed by atoms with van der Waals surface area (Å²) in [7, 11) is 1.72. The molecule has 41 heavy (non-hydrogen) atoms. The molecule has 9 heteroatoms. The first-order valence-corrected chi connectivity index (χ1v) is 13.9. The van der Waals surface area contributed by atoms with Crippen LogP contribution in [0, 0.1) is 5.82 Å². The number of benzene rings is 3. The van der Waals surface area contributed by atoms with E-state index in [1.54, 1.807) is 29.0 Å². The molecule has 1 aliphatic rings. The quantitative estimate of drug-likeness (QED) is 0.279. The first-order chi connectivity index (χ1) is 19.8. The lowest BCUT2D eigenvalue weighted by Gasteiger charge is -2.35. The maximum Gasteiger partial charge on any atom is 0.318 e. The number of aromatic amines is 1. The molecular formula is C32H36FN5O3. The zero-order valence-electron chi connectivity index (χ0n) is 23.3. The van der Waals surface area contributed by atoms with Gasteiger partial charge < -0.3 is 30.6 Å². The van der Waals surface area contributed by atoms with Crippen LogP contribution in [-0.4, -0.2) is 54.1 Å². The number of fused-ring (bicyclic) bond motifs is 1. The van der Waals surface area contributed by atoms with Gasteiger partial charge in [0.25, 0.3) is 0 Å². The Bertz CT molecular complexity index is 1480. The Morgan fingerprint density at radius 1 is 1.07 bits per heavy atom. The van der Waals surface area contributed by atoms with E-state index in [1.807, 2.05) is 61.7 Å². The van der Waals surface area contributed by atoms with Gasteiger partial charge >= 0.3 is 6.03 Å². The van der Waals surface area contributed by atoms with E-state index in [2.05, 4.69) is 10.3 Å². The maximum absolute atomic E-state index is 14.0. The van der Waals surface area contributed by atoms with Gasteiger partial charge in [-0.2, -0.15) is 0 Å². The molecule has 0 bridgehead atoms. The third-order valence-corrected chi connectivity index (χ3v) is 7.89. The molecule has 8 nitrogen and oxygen atoms in total. The van der Waals surface area contributed by atoms with E-state index >= 15 is 0 Å². The van der Waals surface area contributed by atoms with Gasteiger partial charge in [-0.1, -0.05) is 37.3 Å². The Balaban J connectivity index is 1.31. The van der Waals surface area contributed by atoms with E-state index in [0.717, 1.165) is 27.7 Å². The summed E-state index contributed by atoms with van der Waals surface area (Å²) in [4.78, 5) is 34.1. The fourth-order valence-electron chi connectivity index (χ4n) is 5.35. The number of amides is 3. The van der Waals surface area contributed by atoms with Gasteiger partial charge in [0.1, 0.15) is 23.7 Å². The number of carbonyl (C=O) groups excluding carboxylic acids is 2. The number of nitrogens with one attached hydrogen (secondary N) is 2. The van der Waals surface area contributed by atoms with Gasteiger partial charge in [-0.05, 0) is 53.6 Å². The van der Waals surface area contributed by atoms with Crippen LogP contribution in [-0.2, 0) is 11.3 Å². The van der Waals surface area contributed by atoms with Crippen molar-refractivity contribution in [3.63, 3.8) is 0 Å². The Labute approximate surface area is 239 Å². The molecule has 4 N–H and O–H groups in total. The van der Waals surface area contributed by atoms with Crippen LogP contribution in [0.1, 0.15) is 36.8 Å². The van der Waals surface area contributed by atoms with Crippen molar-refractivity contribution in [2.24, 2.45) is 5.73 Å². The fraction of sp³-hybridized carbons (Fsp3) is 0.312. The van der Waals surface area contributed by atoms with Crippen LogP contribution in [0.25, 0.3) is 10.9 Å². The number of rotatable bonds is 8. The topological polar surface area (TPSA) is 104 Å². The molecule has 3 amide bonds. The monoisotopic (exact) mass is 557 g/mol. The molecule has 2 unspecified atom stereocenters. The number of urea groups is 1. The van der Waals surface area contributed by atoms with Crippen LogP contribution in [0.4, 0.5) is 14.9 Å². The fourth-order valence-corrected chi connectivity index (χ4v) is 5.35. The number of H-pyrrole nitrogens is 1. The van der Waals surface area contributed by atoms with Gasteiger partial charge in [-0.3, -0.25) is 4.79 Å². The number of hydrogen-bond donors (Lipinski definition) is 3. The summed E-state index contributed by atoms with van der Waals surface area (Å²) in [6.07, 6.45) is 3.11. The summed E-state index contributed by atoms with van der Waals surface area (Å²) < 4.78 is 19.2. The highest BCUT2D eigenvalue weighted by Gasteiger charge is 2.34. The maximum atomic E-state index is 14.0. The van der Waals surface area contributed by atoms with Crippen molar-refractivity contribution >= 4 is 28.5 Å². The number of carbonyl (C=O) groups is 2. The van der Waals surface area contributed by atoms with Gasteiger partial charge in [0.15, 0.2) is 0 Å². The molecule has 1 aliphatic heterocycles. The number of aromatic nitrogens is 1. The second-order valence-electron chi connectivity index (χ2n) is 10.5. The SMILES string of the molecule is CC(c1c[nH]c2ccccc12)C(NC(=O)N1CCC(Oc2ccc(F)cc2)CC1)C(=O)N(C)c1ccc(CN)cc1. The van der Waals surface area contributed by atoms with Crippen molar-refractivity contribution in [3.05, 3.63) is 95.9 Å². The van der Waals surface area contributed by atoms with Crippen LogP contribution >= 0.6 is 0 Å². The summed E-state index contributed by atoms with van der Waals surface area (Å²) in [5.74, 6) is -0.234. The summed E-state index contributed by atoms with van der Waals surface area (Å²) in [6, 6.07) is 20.3. The van der Waals surface area contributed by atoms with Crippen molar-refractivity contribution in [3.8, 4) is 5.75 Å². The number of nitrogens with zero attached hydrogens (tertiary/aromatic N) is 2. The minimum absolute atomic E-state index is 0.0743. The van der Waals surface area contributed by atoms with Gasteiger partial charge in [0.2, 0.25) is 5.91 Å². The standard InChI is InChI=1S/C32H36FN5O3/c1-21(28-20-35-29-6-4-3-5-27(28)29)30(31(39)37(2)24-11-7-22(19-34)8-12-24)36-32(40)38-17-15-26(16-18-38)41-25-13-9-23(33)10-14-25/h3-14,20-21,26,30,35H,15-19,34H2,1-2H3,(H,36,40). The van der Waals surface area contributed by atoms with Crippen molar-refractivity contribution < 1.29 is 18.7 Å². The van der Waals surface area contributed by atoms with Crippen molar-refractivity contribution in [1.82, 2.24) is 15.2 Å². The molecule has 214 valence electrons. The molecule has 2 heterocycles. The molecule has 1 saturated heterocycles. The van der Waals surface area contributed by atoms with Crippen LogP contribution in [0.3, 0.4) is 0 Å². The predicted molar refractivity (Wildman–Crippen MR) is 158 cm³/mol. The third kappa shape index (κ3) is 6.36. The second-order valence-corrected chi connectivity index (χ2v) is 10.5. The molecule has 1 fully saturated rings. The number of piperidine rings is 1. The molecule has 1 aromatic heterocycles. The van der Waals surface area contributed by atoms with Crippen LogP contribution < -0.4 is 20.7 Å². The lowest BCUT2D eigenvalue weighted by atomic mass is 9.91. The smallest absolute Gasteiger partial charge is 0.318 e. The number of ether oxygens (including phenoxy) is 1. The number of anilines is 1. The Kier molecular flexibility index (Phi) is 8.54. The largest absolute Gasteiger partial charge is 0.490 e. The highest BCUT2D eigenvalue weighted by Crippen LogP contribution is 2.30. The average Bonchev–Trinajstić information content (AvgIpc) is 3.44. The first kappa shape index (κ1) is 28.2. The van der Waals surface area contributed by atoms with Crippen molar-refractivity contribution in [2.75, 3.05) is 25.0 Å². The van der Waals surface area contributed by atoms with Gasteiger partial charge in [0, 0.05) is 68.2 Å². The molecule has 3 aromatic carbocycles.